The van der Waals surface area contributed by atoms with Gasteiger partial charge in [0.2, 0.25) is 5.91 Å². The third kappa shape index (κ3) is 11.2. The number of rotatable bonds is 11. The first-order chi connectivity index (χ1) is 12.1. The molecule has 1 atom stereocenters. The predicted molar refractivity (Wildman–Crippen MR) is 119 cm³/mol. The molecule has 0 aliphatic heterocycles. The normalized spacial score (nSPS) is 16.3. The van der Waals surface area contributed by atoms with Gasteiger partial charge in [-0.05, 0) is 39.0 Å². The molecule has 1 aliphatic carbocycles. The Hall–Kier alpha value is -0.570. The van der Waals surface area contributed by atoms with Crippen molar-refractivity contribution in [2.75, 3.05) is 26.2 Å². The second-order valence-electron chi connectivity index (χ2n) is 7.01. The molecule has 1 amide bonds. The molecule has 1 unspecified atom stereocenters. The smallest absolute Gasteiger partial charge is 0.221 e. The Bertz CT molecular complexity index is 399. The Kier molecular flexibility index (Phi) is 15.1. The topological polar surface area (TPSA) is 74.8 Å². The van der Waals surface area contributed by atoms with Gasteiger partial charge in [-0.1, -0.05) is 26.7 Å². The highest BCUT2D eigenvalue weighted by Crippen LogP contribution is 2.17. The standard InChI is InChI=1S/C19H38N4O2.HI/c1-5-20-19(21-13-11-17(15(3)4)25-6-2)22-14-12-18(24)23-16-9-7-8-10-16;/h15-17H,5-14H2,1-4H3,(H,23,24)(H2,20,21,22);1H. The minimum Gasteiger partial charge on any atom is -0.378 e. The van der Waals surface area contributed by atoms with Crippen LogP contribution >= 0.6 is 24.0 Å². The molecule has 154 valence electrons. The largest absolute Gasteiger partial charge is 0.378 e. The van der Waals surface area contributed by atoms with Crippen LogP contribution < -0.4 is 16.0 Å². The maximum Gasteiger partial charge on any atom is 0.221 e. The van der Waals surface area contributed by atoms with Crippen molar-refractivity contribution in [3.8, 4) is 0 Å². The lowest BCUT2D eigenvalue weighted by Gasteiger charge is -2.20. The zero-order valence-electron chi connectivity index (χ0n) is 17.0. The van der Waals surface area contributed by atoms with Gasteiger partial charge in [0, 0.05) is 38.7 Å². The molecule has 1 aliphatic rings. The molecule has 6 nitrogen and oxygen atoms in total. The third-order valence-corrected chi connectivity index (χ3v) is 4.52. The number of halogens is 1. The average molecular weight is 482 g/mol. The zero-order chi connectivity index (χ0) is 18.5. The number of hydrogen-bond donors (Lipinski definition) is 3. The van der Waals surface area contributed by atoms with Crippen LogP contribution in [0.15, 0.2) is 4.99 Å². The number of carbonyl (C=O) groups is 1. The van der Waals surface area contributed by atoms with Gasteiger partial charge in [-0.3, -0.25) is 9.79 Å². The van der Waals surface area contributed by atoms with Crippen LogP contribution in [0.4, 0.5) is 0 Å². The molecule has 0 radical (unpaired) electrons. The summed E-state index contributed by atoms with van der Waals surface area (Å²) >= 11 is 0. The maximum absolute atomic E-state index is 12.0. The van der Waals surface area contributed by atoms with Gasteiger partial charge in [-0.15, -0.1) is 24.0 Å². The van der Waals surface area contributed by atoms with E-state index in [-0.39, 0.29) is 36.0 Å². The molecule has 1 fully saturated rings. The molecule has 0 aromatic heterocycles. The summed E-state index contributed by atoms with van der Waals surface area (Å²) in [6, 6.07) is 0.390. The van der Waals surface area contributed by atoms with E-state index in [0.29, 0.717) is 31.5 Å². The Balaban J connectivity index is 0.00000625. The van der Waals surface area contributed by atoms with E-state index in [0.717, 1.165) is 38.4 Å². The van der Waals surface area contributed by atoms with Gasteiger partial charge >= 0.3 is 0 Å². The van der Waals surface area contributed by atoms with Crippen molar-refractivity contribution in [2.45, 2.75) is 78.4 Å². The van der Waals surface area contributed by atoms with Gasteiger partial charge in [0.1, 0.15) is 0 Å². The van der Waals surface area contributed by atoms with Gasteiger partial charge in [0.15, 0.2) is 5.96 Å². The summed E-state index contributed by atoms with van der Waals surface area (Å²) in [6.07, 6.45) is 6.35. The van der Waals surface area contributed by atoms with Crippen LogP contribution in [-0.4, -0.2) is 50.3 Å². The predicted octanol–water partition coefficient (Wildman–Crippen LogP) is 3.06. The quantitative estimate of drug-likeness (QED) is 0.241. The van der Waals surface area contributed by atoms with E-state index in [1.54, 1.807) is 0 Å². The summed E-state index contributed by atoms with van der Waals surface area (Å²) < 4.78 is 5.76. The fraction of sp³-hybridized carbons (Fsp3) is 0.895. The molecule has 0 saturated heterocycles. The number of amides is 1. The summed E-state index contributed by atoms with van der Waals surface area (Å²) in [5.74, 6) is 1.40. The monoisotopic (exact) mass is 482 g/mol. The Morgan fingerprint density at radius 2 is 1.88 bits per heavy atom. The van der Waals surface area contributed by atoms with Crippen molar-refractivity contribution in [1.82, 2.24) is 16.0 Å². The molecule has 1 saturated carbocycles. The molecule has 26 heavy (non-hydrogen) atoms. The van der Waals surface area contributed by atoms with Gasteiger partial charge in [0.05, 0.1) is 6.10 Å². The highest BCUT2D eigenvalue weighted by atomic mass is 127. The van der Waals surface area contributed by atoms with Crippen molar-refractivity contribution < 1.29 is 9.53 Å². The molecular formula is C19H39IN4O2. The van der Waals surface area contributed by atoms with E-state index in [1.807, 2.05) is 13.8 Å². The van der Waals surface area contributed by atoms with Crippen molar-refractivity contribution in [1.29, 1.82) is 0 Å². The molecule has 0 aromatic rings. The third-order valence-electron chi connectivity index (χ3n) is 4.52. The number of nitrogens with zero attached hydrogens (tertiary/aromatic N) is 1. The second kappa shape index (κ2) is 15.5. The first-order valence-electron chi connectivity index (χ1n) is 9.99. The van der Waals surface area contributed by atoms with E-state index >= 15 is 0 Å². The Morgan fingerprint density at radius 3 is 2.46 bits per heavy atom. The second-order valence-corrected chi connectivity index (χ2v) is 7.01. The average Bonchev–Trinajstić information content (AvgIpc) is 3.06. The van der Waals surface area contributed by atoms with E-state index < -0.39 is 0 Å². The van der Waals surface area contributed by atoms with Crippen molar-refractivity contribution >= 4 is 35.8 Å². The van der Waals surface area contributed by atoms with Gasteiger partial charge in [-0.25, -0.2) is 0 Å². The molecule has 7 heteroatoms. The number of aliphatic imine (C=N–C) groups is 1. The molecular weight excluding hydrogens is 443 g/mol. The Labute approximate surface area is 176 Å². The molecule has 3 N–H and O–H groups in total. The van der Waals surface area contributed by atoms with E-state index in [2.05, 4.69) is 34.8 Å². The van der Waals surface area contributed by atoms with Gasteiger partial charge in [0.25, 0.3) is 0 Å². The molecule has 0 aromatic carbocycles. The lowest BCUT2D eigenvalue weighted by molar-refractivity contribution is -0.121. The van der Waals surface area contributed by atoms with Crippen LogP contribution in [0, 0.1) is 5.92 Å². The fourth-order valence-electron chi connectivity index (χ4n) is 3.13. The van der Waals surface area contributed by atoms with E-state index in [1.165, 1.54) is 12.8 Å². The SMILES string of the molecule is CCNC(=NCCC(OCC)C(C)C)NCCC(=O)NC1CCCC1.I. The van der Waals surface area contributed by atoms with Crippen molar-refractivity contribution in [2.24, 2.45) is 10.9 Å². The number of nitrogens with one attached hydrogen (secondary N) is 3. The van der Waals surface area contributed by atoms with Crippen LogP contribution in [0.3, 0.4) is 0 Å². The number of guanidine groups is 1. The summed E-state index contributed by atoms with van der Waals surface area (Å²) in [6.45, 7) is 11.3. The molecule has 1 rings (SSSR count). The van der Waals surface area contributed by atoms with E-state index in [9.17, 15) is 4.79 Å². The molecule has 0 spiro atoms. The fourth-order valence-corrected chi connectivity index (χ4v) is 3.13. The van der Waals surface area contributed by atoms with E-state index in [4.69, 9.17) is 4.74 Å². The van der Waals surface area contributed by atoms with Gasteiger partial charge in [-0.2, -0.15) is 0 Å². The summed E-state index contributed by atoms with van der Waals surface area (Å²) in [7, 11) is 0. The van der Waals surface area contributed by atoms with Crippen LogP contribution in [0.1, 0.15) is 66.2 Å². The maximum atomic E-state index is 12.0. The highest BCUT2D eigenvalue weighted by Gasteiger charge is 2.16. The van der Waals surface area contributed by atoms with Crippen LogP contribution in [0.2, 0.25) is 0 Å². The summed E-state index contributed by atoms with van der Waals surface area (Å²) in [5.41, 5.74) is 0. The number of ether oxygens (including phenoxy) is 1. The number of carbonyl (C=O) groups excluding carboxylic acids is 1. The lowest BCUT2D eigenvalue weighted by Crippen LogP contribution is -2.40. The minimum absolute atomic E-state index is 0. The first kappa shape index (κ1) is 25.4. The van der Waals surface area contributed by atoms with Crippen LogP contribution in [0.5, 0.6) is 0 Å². The number of hydrogen-bond acceptors (Lipinski definition) is 3. The van der Waals surface area contributed by atoms with Crippen molar-refractivity contribution in [3.63, 3.8) is 0 Å². The minimum atomic E-state index is 0. The lowest BCUT2D eigenvalue weighted by atomic mass is 10.0. The molecule has 0 heterocycles. The van der Waals surface area contributed by atoms with Crippen LogP contribution in [-0.2, 0) is 9.53 Å². The first-order valence-corrected chi connectivity index (χ1v) is 9.99. The highest BCUT2D eigenvalue weighted by molar-refractivity contribution is 14.0. The summed E-state index contributed by atoms with van der Waals surface area (Å²) in [5, 5.41) is 9.59. The zero-order valence-corrected chi connectivity index (χ0v) is 19.3. The van der Waals surface area contributed by atoms with Crippen LogP contribution in [0.25, 0.3) is 0 Å². The Morgan fingerprint density at radius 1 is 1.19 bits per heavy atom. The summed E-state index contributed by atoms with van der Waals surface area (Å²) in [4.78, 5) is 16.6. The van der Waals surface area contributed by atoms with Crippen molar-refractivity contribution in [3.05, 3.63) is 0 Å². The van der Waals surface area contributed by atoms with Gasteiger partial charge < -0.3 is 20.7 Å². The molecule has 0 bridgehead atoms.